The highest BCUT2D eigenvalue weighted by Crippen LogP contribution is 2.29. The van der Waals surface area contributed by atoms with Crippen LogP contribution in [0, 0.1) is 0 Å². The molecule has 23 heavy (non-hydrogen) atoms. The second-order valence-electron chi connectivity index (χ2n) is 5.19. The van der Waals surface area contributed by atoms with Crippen LogP contribution in [0.25, 0.3) is 33.1 Å². The molecule has 1 aromatic heterocycles. The molecule has 0 aliphatic carbocycles. The normalized spacial score (nSPS) is 11.0. The molecule has 112 valence electrons. The summed E-state index contributed by atoms with van der Waals surface area (Å²) < 4.78 is 10.7. The third-order valence-electron chi connectivity index (χ3n) is 3.86. The van der Waals surface area contributed by atoms with Gasteiger partial charge < -0.3 is 9.15 Å². The first-order valence-electron chi connectivity index (χ1n) is 7.24. The number of ether oxygens (including phenoxy) is 1. The zero-order valence-corrected chi connectivity index (χ0v) is 12.4. The summed E-state index contributed by atoms with van der Waals surface area (Å²) in [5.41, 5.74) is 0.906. The number of fused-ring (bicyclic) bond motifs is 2. The highest BCUT2D eigenvalue weighted by Gasteiger charge is 2.13. The van der Waals surface area contributed by atoms with Gasteiger partial charge in [0, 0.05) is 5.56 Å². The van der Waals surface area contributed by atoms with E-state index in [1.54, 1.807) is 18.2 Å². The van der Waals surface area contributed by atoms with Crippen molar-refractivity contribution in [3.05, 3.63) is 71.1 Å². The van der Waals surface area contributed by atoms with Gasteiger partial charge in [-0.15, -0.1) is 0 Å². The molecule has 0 atom stereocenters. The lowest BCUT2D eigenvalue weighted by Gasteiger charge is -2.07. The van der Waals surface area contributed by atoms with Gasteiger partial charge in [0.05, 0.1) is 12.6 Å². The smallest absolute Gasteiger partial charge is 0.350 e. The lowest BCUT2D eigenvalue weighted by molar-refractivity contribution is 0.416. The van der Waals surface area contributed by atoms with Crippen molar-refractivity contribution in [3.63, 3.8) is 0 Å². The Labute approximate surface area is 132 Å². The summed E-state index contributed by atoms with van der Waals surface area (Å²) in [5, 5.41) is 2.42. The quantitative estimate of drug-likeness (QED) is 0.561. The molecule has 0 N–H and O–H groups in total. The summed E-state index contributed by atoms with van der Waals surface area (Å²) >= 11 is 0. The first-order chi connectivity index (χ1) is 11.3. The Morgan fingerprint density at radius 2 is 1.74 bits per heavy atom. The van der Waals surface area contributed by atoms with Gasteiger partial charge in [-0.25, -0.2) is 9.78 Å². The Bertz CT molecular complexity index is 1080. The summed E-state index contributed by atoms with van der Waals surface area (Å²) in [7, 11) is 1.52. The summed E-state index contributed by atoms with van der Waals surface area (Å²) in [6, 6.07) is 19.1. The highest BCUT2D eigenvalue weighted by molar-refractivity contribution is 5.95. The molecule has 0 aliphatic heterocycles. The maximum Gasteiger partial charge on any atom is 0.350 e. The minimum absolute atomic E-state index is 0.313. The van der Waals surface area contributed by atoms with E-state index in [1.807, 2.05) is 42.5 Å². The van der Waals surface area contributed by atoms with Crippen LogP contribution in [0.3, 0.4) is 0 Å². The summed E-state index contributed by atoms with van der Waals surface area (Å²) in [5.74, 6) is 0.778. The second kappa shape index (κ2) is 5.25. The Kier molecular flexibility index (Phi) is 3.08. The highest BCUT2D eigenvalue weighted by atomic mass is 16.5. The van der Waals surface area contributed by atoms with Crippen molar-refractivity contribution in [1.29, 1.82) is 0 Å². The Balaban J connectivity index is 2.05. The van der Waals surface area contributed by atoms with Gasteiger partial charge in [0.25, 0.3) is 0 Å². The Hall–Kier alpha value is -3.14. The summed E-state index contributed by atoms with van der Waals surface area (Å²) in [4.78, 5) is 16.9. The van der Waals surface area contributed by atoms with Crippen molar-refractivity contribution < 1.29 is 9.15 Å². The van der Waals surface area contributed by atoms with Crippen LogP contribution in [0.2, 0.25) is 0 Å². The van der Waals surface area contributed by atoms with E-state index in [4.69, 9.17) is 9.15 Å². The van der Waals surface area contributed by atoms with Crippen LogP contribution in [0.15, 0.2) is 69.9 Å². The minimum Gasteiger partial charge on any atom is -0.496 e. The van der Waals surface area contributed by atoms with Crippen LogP contribution in [0.4, 0.5) is 0 Å². The molecular weight excluding hydrogens is 290 g/mol. The van der Waals surface area contributed by atoms with E-state index in [0.717, 1.165) is 16.3 Å². The molecule has 3 aromatic carbocycles. The third kappa shape index (κ3) is 2.16. The molecule has 4 nitrogen and oxygen atoms in total. The SMILES string of the molecule is COc1cccc2nc(-c3cccc4ccccc34)oc(=O)c12. The number of hydrogen-bond acceptors (Lipinski definition) is 4. The van der Waals surface area contributed by atoms with E-state index in [0.29, 0.717) is 22.5 Å². The van der Waals surface area contributed by atoms with Gasteiger partial charge in [0.15, 0.2) is 0 Å². The van der Waals surface area contributed by atoms with Gasteiger partial charge >= 0.3 is 5.63 Å². The molecule has 0 fully saturated rings. The van der Waals surface area contributed by atoms with Gasteiger partial charge in [-0.3, -0.25) is 0 Å². The topological polar surface area (TPSA) is 52.3 Å². The first kappa shape index (κ1) is 13.5. The number of methoxy groups -OCH3 is 1. The van der Waals surface area contributed by atoms with Crippen molar-refractivity contribution in [2.75, 3.05) is 7.11 Å². The van der Waals surface area contributed by atoms with E-state index < -0.39 is 5.63 Å². The average Bonchev–Trinajstić information content (AvgIpc) is 2.60. The number of nitrogens with zero attached hydrogens (tertiary/aromatic N) is 1. The molecular formula is C19H13NO3. The molecule has 0 saturated carbocycles. The maximum atomic E-state index is 12.4. The van der Waals surface area contributed by atoms with Crippen LogP contribution in [0.5, 0.6) is 5.75 Å². The van der Waals surface area contributed by atoms with Crippen molar-refractivity contribution >= 4 is 21.7 Å². The largest absolute Gasteiger partial charge is 0.496 e. The fourth-order valence-corrected chi connectivity index (χ4v) is 2.79. The number of hydrogen-bond donors (Lipinski definition) is 0. The second-order valence-corrected chi connectivity index (χ2v) is 5.19. The molecule has 1 heterocycles. The van der Waals surface area contributed by atoms with Crippen molar-refractivity contribution in [2.24, 2.45) is 0 Å². The van der Waals surface area contributed by atoms with Gasteiger partial charge in [0.2, 0.25) is 5.89 Å². The number of aromatic nitrogens is 1. The fraction of sp³-hybridized carbons (Fsp3) is 0.0526. The van der Waals surface area contributed by atoms with Crippen LogP contribution in [0.1, 0.15) is 0 Å². The summed E-state index contributed by atoms with van der Waals surface area (Å²) in [6.07, 6.45) is 0. The van der Waals surface area contributed by atoms with Crippen molar-refractivity contribution in [3.8, 4) is 17.2 Å². The lowest BCUT2D eigenvalue weighted by atomic mass is 10.0. The minimum atomic E-state index is -0.449. The molecule has 0 bridgehead atoms. The zero-order chi connectivity index (χ0) is 15.8. The number of benzene rings is 3. The monoisotopic (exact) mass is 303 g/mol. The zero-order valence-electron chi connectivity index (χ0n) is 12.4. The standard InChI is InChI=1S/C19H13NO3/c1-22-16-11-5-10-15-17(16)19(21)23-18(20-15)14-9-4-7-12-6-2-3-8-13(12)14/h2-11H,1H3. The Morgan fingerprint density at radius 3 is 2.61 bits per heavy atom. The average molecular weight is 303 g/mol. The Morgan fingerprint density at radius 1 is 0.957 bits per heavy atom. The molecule has 4 rings (SSSR count). The summed E-state index contributed by atoms with van der Waals surface area (Å²) in [6.45, 7) is 0. The van der Waals surface area contributed by atoms with E-state index >= 15 is 0 Å². The predicted molar refractivity (Wildman–Crippen MR) is 89.8 cm³/mol. The first-order valence-corrected chi connectivity index (χ1v) is 7.24. The molecule has 0 unspecified atom stereocenters. The van der Waals surface area contributed by atoms with Crippen molar-refractivity contribution in [2.45, 2.75) is 0 Å². The van der Waals surface area contributed by atoms with E-state index in [2.05, 4.69) is 4.98 Å². The molecule has 4 heteroatoms. The van der Waals surface area contributed by atoms with Gasteiger partial charge in [-0.2, -0.15) is 0 Å². The third-order valence-corrected chi connectivity index (χ3v) is 3.86. The fourth-order valence-electron chi connectivity index (χ4n) is 2.79. The lowest BCUT2D eigenvalue weighted by Crippen LogP contribution is -2.05. The maximum absolute atomic E-state index is 12.4. The molecule has 0 radical (unpaired) electrons. The van der Waals surface area contributed by atoms with Gasteiger partial charge in [0.1, 0.15) is 11.1 Å². The molecule has 0 saturated heterocycles. The van der Waals surface area contributed by atoms with Crippen LogP contribution >= 0.6 is 0 Å². The van der Waals surface area contributed by atoms with E-state index in [1.165, 1.54) is 7.11 Å². The van der Waals surface area contributed by atoms with Crippen LogP contribution in [-0.4, -0.2) is 12.1 Å². The van der Waals surface area contributed by atoms with E-state index in [9.17, 15) is 4.79 Å². The van der Waals surface area contributed by atoms with Crippen LogP contribution in [-0.2, 0) is 0 Å². The molecule has 0 aliphatic rings. The van der Waals surface area contributed by atoms with Gasteiger partial charge in [-0.1, -0.05) is 42.5 Å². The molecule has 4 aromatic rings. The van der Waals surface area contributed by atoms with Gasteiger partial charge in [-0.05, 0) is 29.0 Å². The predicted octanol–water partition coefficient (Wildman–Crippen LogP) is 4.02. The molecule has 0 spiro atoms. The number of rotatable bonds is 2. The molecule has 0 amide bonds. The van der Waals surface area contributed by atoms with Crippen LogP contribution < -0.4 is 10.4 Å². The van der Waals surface area contributed by atoms with E-state index in [-0.39, 0.29) is 0 Å². The van der Waals surface area contributed by atoms with Crippen molar-refractivity contribution in [1.82, 2.24) is 4.98 Å².